The van der Waals surface area contributed by atoms with E-state index in [4.69, 9.17) is 5.26 Å². The van der Waals surface area contributed by atoms with Gasteiger partial charge in [0.15, 0.2) is 0 Å². The molecule has 0 aliphatic heterocycles. The van der Waals surface area contributed by atoms with Gasteiger partial charge in [-0.1, -0.05) is 74.4 Å². The highest BCUT2D eigenvalue weighted by Gasteiger charge is 2.34. The molecule has 0 bridgehead atoms. The Kier molecular flexibility index (Phi) is 7.11. The van der Waals surface area contributed by atoms with Crippen molar-refractivity contribution in [3.05, 3.63) is 70.3 Å². The summed E-state index contributed by atoms with van der Waals surface area (Å²) in [7, 11) is 0. The number of rotatable bonds is 4. The average molecular weight is 516 g/mol. The molecule has 1 saturated carbocycles. The third-order valence-corrected chi connectivity index (χ3v) is 8.16. The van der Waals surface area contributed by atoms with Gasteiger partial charge in [-0.05, 0) is 62.6 Å². The van der Waals surface area contributed by atoms with Crippen LogP contribution in [-0.4, -0.2) is 27.9 Å². The number of allylic oxidation sites excluding steroid dienone is 3. The van der Waals surface area contributed by atoms with Crippen LogP contribution in [0.25, 0.3) is 0 Å². The van der Waals surface area contributed by atoms with Crippen LogP contribution in [0.1, 0.15) is 62.0 Å². The van der Waals surface area contributed by atoms with Crippen molar-refractivity contribution in [1.29, 1.82) is 5.26 Å². The SMILES string of the molecule is N#Cc1ccc(C2C=CC(N(C3C=CC(Br)=CC3)C3CCC(Br)CC3)CC2)cc1. The molecule has 1 fully saturated rings. The molecule has 0 heterocycles. The molecule has 1 aromatic rings. The predicted molar refractivity (Wildman–Crippen MR) is 127 cm³/mol. The Labute approximate surface area is 191 Å². The first-order valence-electron chi connectivity index (χ1n) is 10.8. The molecule has 0 N–H and O–H groups in total. The minimum absolute atomic E-state index is 0.468. The minimum Gasteiger partial charge on any atom is -0.287 e. The van der Waals surface area contributed by atoms with Gasteiger partial charge in [-0.3, -0.25) is 4.90 Å². The number of halogens is 2. The topological polar surface area (TPSA) is 27.0 Å². The predicted octanol–water partition coefficient (Wildman–Crippen LogP) is 6.98. The largest absolute Gasteiger partial charge is 0.287 e. The van der Waals surface area contributed by atoms with Crippen molar-refractivity contribution in [3.8, 4) is 6.07 Å². The highest BCUT2D eigenvalue weighted by atomic mass is 79.9. The van der Waals surface area contributed by atoms with Crippen LogP contribution in [0.5, 0.6) is 0 Å². The zero-order valence-electron chi connectivity index (χ0n) is 16.7. The zero-order valence-corrected chi connectivity index (χ0v) is 19.9. The Balaban J connectivity index is 1.50. The molecule has 4 rings (SSSR count). The Bertz CT molecular complexity index is 825. The summed E-state index contributed by atoms with van der Waals surface area (Å²) in [6.45, 7) is 0. The molecule has 3 unspecified atom stereocenters. The normalized spacial score (nSPS) is 32.1. The Hall–Kier alpha value is -1.15. The van der Waals surface area contributed by atoms with E-state index in [9.17, 15) is 0 Å². The van der Waals surface area contributed by atoms with E-state index >= 15 is 0 Å². The molecule has 4 heteroatoms. The second-order valence-corrected chi connectivity index (χ2v) is 10.7. The van der Waals surface area contributed by atoms with Crippen LogP contribution in [0.15, 0.2) is 59.1 Å². The van der Waals surface area contributed by atoms with Crippen LogP contribution in [0.4, 0.5) is 0 Å². The molecular weight excluding hydrogens is 488 g/mol. The lowest BCUT2D eigenvalue weighted by molar-refractivity contribution is 0.0891. The molecule has 3 atom stereocenters. The number of alkyl halides is 1. The molecule has 1 aromatic carbocycles. The summed E-state index contributed by atoms with van der Waals surface area (Å²) in [4.78, 5) is 3.51. The van der Waals surface area contributed by atoms with Gasteiger partial charge in [0.05, 0.1) is 11.6 Å². The van der Waals surface area contributed by atoms with Crippen LogP contribution in [0.2, 0.25) is 0 Å². The summed E-state index contributed by atoms with van der Waals surface area (Å²) >= 11 is 7.45. The fraction of sp³-hybridized carbons (Fsp3) is 0.480. The summed E-state index contributed by atoms with van der Waals surface area (Å²) in [6, 6.07) is 12.0. The molecule has 152 valence electrons. The average Bonchev–Trinajstić information content (AvgIpc) is 2.77. The first kappa shape index (κ1) is 21.1. The molecule has 0 spiro atoms. The molecule has 29 heavy (non-hydrogen) atoms. The van der Waals surface area contributed by atoms with E-state index < -0.39 is 0 Å². The quantitative estimate of drug-likeness (QED) is 0.319. The highest BCUT2D eigenvalue weighted by molar-refractivity contribution is 9.11. The Morgan fingerprint density at radius 3 is 2.24 bits per heavy atom. The lowest BCUT2D eigenvalue weighted by atomic mass is 9.84. The third kappa shape index (κ3) is 5.13. The maximum atomic E-state index is 9.03. The first-order chi connectivity index (χ1) is 14.1. The van der Waals surface area contributed by atoms with Crippen molar-refractivity contribution in [2.75, 3.05) is 0 Å². The van der Waals surface area contributed by atoms with Gasteiger partial charge in [0.2, 0.25) is 0 Å². The molecular formula is C25H28Br2N2. The fourth-order valence-corrected chi connectivity index (χ4v) is 5.93. The minimum atomic E-state index is 0.468. The summed E-state index contributed by atoms with van der Waals surface area (Å²) in [6.07, 6.45) is 20.4. The second kappa shape index (κ2) is 9.77. The van der Waals surface area contributed by atoms with Gasteiger partial charge < -0.3 is 0 Å². The van der Waals surface area contributed by atoms with Gasteiger partial charge in [-0.25, -0.2) is 0 Å². The van der Waals surface area contributed by atoms with Gasteiger partial charge in [-0.2, -0.15) is 5.26 Å². The van der Waals surface area contributed by atoms with Crippen molar-refractivity contribution < 1.29 is 0 Å². The van der Waals surface area contributed by atoms with Crippen molar-refractivity contribution in [2.45, 2.75) is 73.8 Å². The molecule has 3 aliphatic rings. The number of nitriles is 1. The third-order valence-electron chi connectivity index (χ3n) is 6.65. The summed E-state index contributed by atoms with van der Waals surface area (Å²) < 4.78 is 1.21. The van der Waals surface area contributed by atoms with Crippen LogP contribution in [0.3, 0.4) is 0 Å². The van der Waals surface area contributed by atoms with E-state index in [1.54, 1.807) is 0 Å². The maximum Gasteiger partial charge on any atom is 0.0991 e. The standard InChI is InChI=1S/C25H28Br2N2/c26-21-7-13-24(14-8-21)29(25-15-9-22(27)10-16-25)23-11-5-20(6-12-23)19-3-1-18(17-28)2-4-19/h1-5,7-8,11,13,20,22-25H,6,9-10,12,14-16H2. The van der Waals surface area contributed by atoms with Crippen molar-refractivity contribution in [3.63, 3.8) is 0 Å². The number of benzene rings is 1. The highest BCUT2D eigenvalue weighted by Crippen LogP contribution is 2.37. The van der Waals surface area contributed by atoms with E-state index in [-0.39, 0.29) is 0 Å². The first-order valence-corrected chi connectivity index (χ1v) is 12.5. The van der Waals surface area contributed by atoms with Gasteiger partial charge in [0, 0.05) is 33.4 Å². The van der Waals surface area contributed by atoms with E-state index in [0.717, 1.165) is 12.0 Å². The van der Waals surface area contributed by atoms with Crippen LogP contribution < -0.4 is 0 Å². The van der Waals surface area contributed by atoms with Crippen LogP contribution in [-0.2, 0) is 0 Å². The van der Waals surface area contributed by atoms with Crippen molar-refractivity contribution in [1.82, 2.24) is 4.90 Å². The maximum absolute atomic E-state index is 9.03. The molecule has 2 nitrogen and oxygen atoms in total. The Morgan fingerprint density at radius 1 is 0.897 bits per heavy atom. The molecule has 3 aliphatic carbocycles. The number of nitrogens with zero attached hydrogens (tertiary/aromatic N) is 2. The van der Waals surface area contributed by atoms with E-state index in [2.05, 4.69) is 85.3 Å². The van der Waals surface area contributed by atoms with Crippen molar-refractivity contribution in [2.24, 2.45) is 0 Å². The summed E-state index contributed by atoms with van der Waals surface area (Å²) in [5, 5.41) is 9.03. The molecule has 0 amide bonds. The lowest BCUT2D eigenvalue weighted by Gasteiger charge is -2.45. The molecule has 0 saturated heterocycles. The summed E-state index contributed by atoms with van der Waals surface area (Å²) in [5.41, 5.74) is 2.07. The van der Waals surface area contributed by atoms with Gasteiger partial charge in [-0.15, -0.1) is 0 Å². The smallest absolute Gasteiger partial charge is 0.0991 e. The van der Waals surface area contributed by atoms with E-state index in [1.807, 2.05) is 12.1 Å². The van der Waals surface area contributed by atoms with E-state index in [0.29, 0.717) is 28.9 Å². The number of hydrogen-bond donors (Lipinski definition) is 0. The van der Waals surface area contributed by atoms with Crippen LogP contribution in [0, 0.1) is 11.3 Å². The zero-order chi connectivity index (χ0) is 20.2. The second-order valence-electron chi connectivity index (χ2n) is 8.47. The molecule has 0 radical (unpaired) electrons. The van der Waals surface area contributed by atoms with Gasteiger partial charge >= 0.3 is 0 Å². The van der Waals surface area contributed by atoms with Gasteiger partial charge in [0.25, 0.3) is 0 Å². The van der Waals surface area contributed by atoms with Crippen molar-refractivity contribution >= 4 is 31.9 Å². The fourth-order valence-electron chi connectivity index (χ4n) is 5.06. The van der Waals surface area contributed by atoms with E-state index in [1.165, 1.54) is 48.6 Å². The van der Waals surface area contributed by atoms with Gasteiger partial charge in [0.1, 0.15) is 0 Å². The number of hydrogen-bond acceptors (Lipinski definition) is 2. The lowest BCUT2D eigenvalue weighted by Crippen LogP contribution is -2.50. The summed E-state index contributed by atoms with van der Waals surface area (Å²) in [5.74, 6) is 0.468. The molecule has 0 aromatic heterocycles. The monoisotopic (exact) mass is 514 g/mol. The Morgan fingerprint density at radius 2 is 1.66 bits per heavy atom. The van der Waals surface area contributed by atoms with Crippen LogP contribution >= 0.6 is 31.9 Å².